The number of hydrogen-bond donors (Lipinski definition) is 2. The first kappa shape index (κ1) is 15.1. The molecule has 2 rings (SSSR count). The molecule has 0 aromatic carbocycles. The van der Waals surface area contributed by atoms with E-state index >= 15 is 0 Å². The zero-order chi connectivity index (χ0) is 15.8. The van der Waals surface area contributed by atoms with E-state index in [1.165, 1.54) is 17.2 Å². The summed E-state index contributed by atoms with van der Waals surface area (Å²) >= 11 is 1.10. The van der Waals surface area contributed by atoms with Crippen LogP contribution in [0.2, 0.25) is 0 Å². The average molecular weight is 310 g/mol. The summed E-state index contributed by atoms with van der Waals surface area (Å²) in [5, 5.41) is 6.42. The first-order valence-corrected chi connectivity index (χ1v) is 6.99. The number of hydrogen-bond acceptors (Lipinski definition) is 6. The normalized spacial score (nSPS) is 17.4. The Hall–Kier alpha value is -2.29. The Morgan fingerprint density at radius 3 is 2.71 bits per heavy atom. The molecule has 112 valence electrons. The summed E-state index contributed by atoms with van der Waals surface area (Å²) in [6, 6.07) is 0. The Morgan fingerprint density at radius 2 is 2.10 bits per heavy atom. The largest absolute Gasteiger partial charge is 0.314 e. The minimum Gasteiger partial charge on any atom is -0.314 e. The predicted molar refractivity (Wildman–Crippen MR) is 74.7 cm³/mol. The third kappa shape index (κ3) is 2.92. The van der Waals surface area contributed by atoms with Crippen LogP contribution in [0.15, 0.2) is 5.38 Å². The number of nitrogens with zero attached hydrogens (tertiary/aromatic N) is 2. The van der Waals surface area contributed by atoms with Crippen molar-refractivity contribution in [3.8, 4) is 0 Å². The van der Waals surface area contributed by atoms with Crippen LogP contribution in [-0.4, -0.2) is 45.6 Å². The second-order valence-electron chi connectivity index (χ2n) is 5.05. The molecule has 0 atom stereocenters. The smallest absolute Gasteiger partial charge is 0.274 e. The molecular weight excluding hydrogens is 296 g/mol. The van der Waals surface area contributed by atoms with Gasteiger partial charge in [-0.2, -0.15) is 0 Å². The molecule has 2 N–H and O–H groups in total. The van der Waals surface area contributed by atoms with E-state index in [1.807, 2.05) is 0 Å². The van der Waals surface area contributed by atoms with Crippen LogP contribution in [0.1, 0.15) is 31.3 Å². The van der Waals surface area contributed by atoms with Crippen LogP contribution in [0.3, 0.4) is 0 Å². The van der Waals surface area contributed by atoms with Crippen molar-refractivity contribution in [1.82, 2.24) is 15.2 Å². The van der Waals surface area contributed by atoms with Gasteiger partial charge in [-0.3, -0.25) is 24.5 Å². The molecule has 9 heteroatoms. The third-order valence-electron chi connectivity index (χ3n) is 3.04. The second-order valence-corrected chi connectivity index (χ2v) is 5.90. The lowest BCUT2D eigenvalue weighted by Crippen LogP contribution is -2.65. The van der Waals surface area contributed by atoms with Crippen LogP contribution in [0.25, 0.3) is 0 Å². The molecule has 1 aromatic heterocycles. The van der Waals surface area contributed by atoms with Crippen molar-refractivity contribution in [3.05, 3.63) is 11.1 Å². The highest BCUT2D eigenvalue weighted by atomic mass is 32.1. The maximum atomic E-state index is 12.4. The summed E-state index contributed by atoms with van der Waals surface area (Å²) in [6.07, 6.45) is 0. The summed E-state index contributed by atoms with van der Waals surface area (Å²) < 4.78 is 0. The molecule has 8 nitrogen and oxygen atoms in total. The van der Waals surface area contributed by atoms with E-state index in [0.29, 0.717) is 0 Å². The molecule has 1 aromatic rings. The first-order chi connectivity index (χ1) is 9.71. The molecule has 0 saturated carbocycles. The van der Waals surface area contributed by atoms with E-state index < -0.39 is 23.3 Å². The Bertz CT molecular complexity index is 637. The van der Waals surface area contributed by atoms with Gasteiger partial charge in [0.1, 0.15) is 17.8 Å². The molecule has 0 aliphatic carbocycles. The van der Waals surface area contributed by atoms with Gasteiger partial charge in [-0.1, -0.05) is 0 Å². The molecule has 0 unspecified atom stereocenters. The van der Waals surface area contributed by atoms with Crippen LogP contribution in [0.5, 0.6) is 0 Å². The lowest BCUT2D eigenvalue weighted by Gasteiger charge is -2.39. The van der Waals surface area contributed by atoms with Crippen molar-refractivity contribution in [2.24, 2.45) is 0 Å². The van der Waals surface area contributed by atoms with Crippen LogP contribution < -0.4 is 10.6 Å². The molecule has 0 bridgehead atoms. The van der Waals surface area contributed by atoms with Gasteiger partial charge in [-0.25, -0.2) is 4.98 Å². The Kier molecular flexibility index (Phi) is 3.77. The lowest BCUT2D eigenvalue weighted by atomic mass is 9.98. The zero-order valence-corrected chi connectivity index (χ0v) is 12.5. The van der Waals surface area contributed by atoms with Crippen molar-refractivity contribution in [3.63, 3.8) is 0 Å². The number of carbonyl (C=O) groups excluding carboxylic acids is 4. The minimum atomic E-state index is -1.15. The molecule has 1 aliphatic rings. The van der Waals surface area contributed by atoms with E-state index in [1.54, 1.807) is 13.8 Å². The molecule has 21 heavy (non-hydrogen) atoms. The molecule has 1 fully saturated rings. The highest BCUT2D eigenvalue weighted by Gasteiger charge is 2.44. The van der Waals surface area contributed by atoms with Gasteiger partial charge >= 0.3 is 0 Å². The highest BCUT2D eigenvalue weighted by Crippen LogP contribution is 2.23. The third-order valence-corrected chi connectivity index (χ3v) is 3.79. The predicted octanol–water partition coefficient (Wildman–Crippen LogP) is -0.0213. The molecule has 4 amide bonds. The fourth-order valence-electron chi connectivity index (χ4n) is 1.83. The summed E-state index contributed by atoms with van der Waals surface area (Å²) in [7, 11) is 0. The second kappa shape index (κ2) is 5.24. The quantitative estimate of drug-likeness (QED) is 0.746. The average Bonchev–Trinajstić information content (AvgIpc) is 2.81. The Labute approximate surface area is 124 Å². The van der Waals surface area contributed by atoms with Crippen molar-refractivity contribution >= 4 is 40.1 Å². The summed E-state index contributed by atoms with van der Waals surface area (Å²) in [4.78, 5) is 51.8. The molecule has 2 heterocycles. The van der Waals surface area contributed by atoms with Crippen molar-refractivity contribution in [2.75, 3.05) is 11.9 Å². The fraction of sp³-hybridized carbons (Fsp3) is 0.417. The van der Waals surface area contributed by atoms with Gasteiger partial charge in [0.2, 0.25) is 11.8 Å². The van der Waals surface area contributed by atoms with E-state index in [2.05, 4.69) is 15.6 Å². The van der Waals surface area contributed by atoms with Gasteiger partial charge < -0.3 is 10.2 Å². The SMILES string of the molecule is CC(=O)Nc1nc(C(=O)N2CC(=O)NC(=O)C2(C)C)cs1. The van der Waals surface area contributed by atoms with E-state index in [4.69, 9.17) is 0 Å². The number of imide groups is 1. The van der Waals surface area contributed by atoms with E-state index in [-0.39, 0.29) is 23.3 Å². The zero-order valence-electron chi connectivity index (χ0n) is 11.7. The van der Waals surface area contributed by atoms with Gasteiger partial charge in [0.05, 0.1) is 0 Å². The fourth-order valence-corrected chi connectivity index (χ4v) is 2.56. The number of rotatable bonds is 2. The van der Waals surface area contributed by atoms with Crippen molar-refractivity contribution in [2.45, 2.75) is 26.3 Å². The number of amides is 4. The van der Waals surface area contributed by atoms with Gasteiger partial charge in [0.25, 0.3) is 11.8 Å². The van der Waals surface area contributed by atoms with E-state index in [0.717, 1.165) is 11.3 Å². The maximum Gasteiger partial charge on any atom is 0.274 e. The van der Waals surface area contributed by atoms with Gasteiger partial charge in [0, 0.05) is 12.3 Å². The summed E-state index contributed by atoms with van der Waals surface area (Å²) in [5.41, 5.74) is -1.07. The number of carbonyl (C=O) groups is 4. The summed E-state index contributed by atoms with van der Waals surface area (Å²) in [6.45, 7) is 4.21. The molecule has 0 radical (unpaired) electrons. The van der Waals surface area contributed by atoms with Crippen LogP contribution >= 0.6 is 11.3 Å². The van der Waals surface area contributed by atoms with Crippen molar-refractivity contribution < 1.29 is 19.2 Å². The van der Waals surface area contributed by atoms with Crippen molar-refractivity contribution in [1.29, 1.82) is 0 Å². The first-order valence-electron chi connectivity index (χ1n) is 6.11. The topological polar surface area (TPSA) is 108 Å². The molecule has 1 aliphatic heterocycles. The molecular formula is C12H14N4O4S. The van der Waals surface area contributed by atoms with E-state index in [9.17, 15) is 19.2 Å². The number of piperazine rings is 1. The standard InChI is InChI=1S/C12H14N4O4S/c1-6(17)13-11-14-7(5-21-11)9(19)16-4-8(18)15-10(20)12(16,2)3/h5H,4H2,1-3H3,(H,13,14,17)(H,15,18,20). The number of nitrogens with one attached hydrogen (secondary N) is 2. The van der Waals surface area contributed by atoms with Crippen LogP contribution in [-0.2, 0) is 14.4 Å². The van der Waals surface area contributed by atoms with Gasteiger partial charge in [0.15, 0.2) is 5.13 Å². The minimum absolute atomic E-state index is 0.0827. The molecule has 1 saturated heterocycles. The number of aromatic nitrogens is 1. The number of anilines is 1. The van der Waals surface area contributed by atoms with Crippen LogP contribution in [0.4, 0.5) is 5.13 Å². The van der Waals surface area contributed by atoms with Gasteiger partial charge in [-0.05, 0) is 13.8 Å². The monoisotopic (exact) mass is 310 g/mol. The maximum absolute atomic E-state index is 12.4. The highest BCUT2D eigenvalue weighted by molar-refractivity contribution is 7.14. The Morgan fingerprint density at radius 1 is 1.43 bits per heavy atom. The Balaban J connectivity index is 2.25. The molecule has 0 spiro atoms. The lowest BCUT2D eigenvalue weighted by molar-refractivity contribution is -0.143. The van der Waals surface area contributed by atoms with Crippen LogP contribution in [0, 0.1) is 0 Å². The van der Waals surface area contributed by atoms with Gasteiger partial charge in [-0.15, -0.1) is 11.3 Å². The number of thiazole rings is 1. The summed E-state index contributed by atoms with van der Waals surface area (Å²) in [5.74, 6) is -1.90.